The van der Waals surface area contributed by atoms with Crippen molar-refractivity contribution in [2.24, 2.45) is 14.1 Å². The fourth-order valence-corrected chi connectivity index (χ4v) is 3.65. The maximum Gasteiger partial charge on any atom is 0.332 e. The van der Waals surface area contributed by atoms with Gasteiger partial charge < -0.3 is 14.0 Å². The quantitative estimate of drug-likeness (QED) is 0.376. The van der Waals surface area contributed by atoms with Crippen LogP contribution in [0.25, 0.3) is 11.2 Å². The molecule has 4 aromatic rings. The highest BCUT2D eigenvalue weighted by atomic mass is 19.1. The summed E-state index contributed by atoms with van der Waals surface area (Å²) < 4.78 is 43.5. The van der Waals surface area contributed by atoms with Gasteiger partial charge in [-0.1, -0.05) is 36.4 Å². The van der Waals surface area contributed by atoms with Gasteiger partial charge in [0.2, 0.25) is 0 Å². The molecule has 178 valence electrons. The van der Waals surface area contributed by atoms with Gasteiger partial charge in [-0.2, -0.15) is 0 Å². The molecule has 0 saturated carbocycles. The Morgan fingerprint density at radius 2 is 1.53 bits per heavy atom. The number of imidazole rings is 1. The number of nitrogens with zero attached hydrogens (tertiary/aromatic N) is 4. The normalized spacial score (nSPS) is 12.4. The molecule has 0 bridgehead atoms. The third-order valence-electron chi connectivity index (χ3n) is 5.57. The van der Waals surface area contributed by atoms with Gasteiger partial charge in [-0.15, -0.1) is 0 Å². The Morgan fingerprint density at radius 3 is 2.18 bits per heavy atom. The zero-order chi connectivity index (χ0) is 24.2. The van der Waals surface area contributed by atoms with E-state index in [1.807, 2.05) is 0 Å². The molecule has 0 aliphatic rings. The smallest absolute Gasteiger partial charge is 0.332 e. The molecular weight excluding hydrogens is 446 g/mol. The first-order valence-corrected chi connectivity index (χ1v) is 10.6. The topological polar surface area (TPSA) is 80.3 Å². The summed E-state index contributed by atoms with van der Waals surface area (Å²) in [6, 6.07) is 12.5. The maximum absolute atomic E-state index is 14.1. The third-order valence-corrected chi connectivity index (χ3v) is 5.57. The van der Waals surface area contributed by atoms with E-state index in [1.165, 1.54) is 37.1 Å². The summed E-state index contributed by atoms with van der Waals surface area (Å²) in [6.07, 6.45) is 0.827. The number of benzene rings is 2. The minimum atomic E-state index is -0.620. The van der Waals surface area contributed by atoms with Gasteiger partial charge in [-0.25, -0.2) is 18.6 Å². The lowest BCUT2D eigenvalue weighted by Gasteiger charge is -2.19. The number of halogens is 2. The Bertz CT molecular complexity index is 1430. The van der Waals surface area contributed by atoms with Gasteiger partial charge in [0.15, 0.2) is 11.2 Å². The molecule has 0 aliphatic carbocycles. The van der Waals surface area contributed by atoms with Crippen LogP contribution < -0.4 is 11.2 Å². The maximum atomic E-state index is 14.1. The number of hydrogen-bond acceptors (Lipinski definition) is 5. The zero-order valence-corrected chi connectivity index (χ0v) is 18.8. The highest BCUT2D eigenvalue weighted by molar-refractivity contribution is 5.69. The van der Waals surface area contributed by atoms with E-state index in [9.17, 15) is 18.4 Å². The number of rotatable bonds is 9. The van der Waals surface area contributed by atoms with Crippen molar-refractivity contribution in [3.63, 3.8) is 0 Å². The predicted octanol–water partition coefficient (Wildman–Crippen LogP) is 2.51. The van der Waals surface area contributed by atoms with E-state index in [2.05, 4.69) is 4.98 Å². The molecule has 2 aromatic carbocycles. The van der Waals surface area contributed by atoms with Crippen molar-refractivity contribution < 1.29 is 18.3 Å². The van der Waals surface area contributed by atoms with Crippen molar-refractivity contribution >= 4 is 11.2 Å². The fourth-order valence-electron chi connectivity index (χ4n) is 3.65. The number of aromatic nitrogens is 4. The fraction of sp³-hybridized carbons (Fsp3) is 0.292. The van der Waals surface area contributed by atoms with Crippen LogP contribution in [0.2, 0.25) is 0 Å². The van der Waals surface area contributed by atoms with Gasteiger partial charge in [-0.3, -0.25) is 13.9 Å². The molecule has 1 atom stereocenters. The van der Waals surface area contributed by atoms with E-state index in [4.69, 9.17) is 9.47 Å². The SMILES string of the molecule is Cn1c(=O)c2c(ncn2CC(COCc2ccccc2F)OCc2ccccc2F)n(C)c1=O. The summed E-state index contributed by atoms with van der Waals surface area (Å²) >= 11 is 0. The minimum absolute atomic E-state index is 0.0210. The van der Waals surface area contributed by atoms with Gasteiger partial charge in [0.1, 0.15) is 11.6 Å². The number of ether oxygens (including phenoxy) is 2. The highest BCUT2D eigenvalue weighted by Crippen LogP contribution is 2.14. The first-order valence-electron chi connectivity index (χ1n) is 10.6. The van der Waals surface area contributed by atoms with Crippen molar-refractivity contribution in [1.29, 1.82) is 0 Å². The summed E-state index contributed by atoms with van der Waals surface area (Å²) in [4.78, 5) is 29.2. The van der Waals surface area contributed by atoms with Gasteiger partial charge in [0.05, 0.1) is 38.8 Å². The Kier molecular flexibility index (Phi) is 6.99. The van der Waals surface area contributed by atoms with Crippen LogP contribution in [0.4, 0.5) is 8.78 Å². The van der Waals surface area contributed by atoms with Crippen molar-refractivity contribution in [2.45, 2.75) is 25.9 Å². The Labute approximate surface area is 193 Å². The Morgan fingerprint density at radius 1 is 0.912 bits per heavy atom. The van der Waals surface area contributed by atoms with Gasteiger partial charge in [0.25, 0.3) is 5.56 Å². The van der Waals surface area contributed by atoms with Crippen LogP contribution in [0.1, 0.15) is 11.1 Å². The average molecular weight is 470 g/mol. The van der Waals surface area contributed by atoms with Crippen molar-refractivity contribution in [3.05, 3.63) is 98.5 Å². The number of fused-ring (bicyclic) bond motifs is 1. The standard InChI is InChI=1S/C24H24F2N4O4/c1-28-22-21(23(31)29(2)24(28)32)30(15-27-22)11-18(34-13-17-8-4-6-10-20(17)26)14-33-12-16-7-3-5-9-19(16)25/h3-10,15,18H,11-14H2,1-2H3. The van der Waals surface area contributed by atoms with E-state index in [1.54, 1.807) is 41.0 Å². The molecule has 0 saturated heterocycles. The van der Waals surface area contributed by atoms with Crippen LogP contribution in [-0.2, 0) is 43.3 Å². The van der Waals surface area contributed by atoms with Crippen molar-refractivity contribution in [3.8, 4) is 0 Å². The molecule has 2 aromatic heterocycles. The highest BCUT2D eigenvalue weighted by Gasteiger charge is 2.19. The lowest BCUT2D eigenvalue weighted by Crippen LogP contribution is -2.38. The van der Waals surface area contributed by atoms with Crippen LogP contribution >= 0.6 is 0 Å². The summed E-state index contributed by atoms with van der Waals surface area (Å²) in [5.41, 5.74) is 0.271. The average Bonchev–Trinajstić information content (AvgIpc) is 3.25. The van der Waals surface area contributed by atoms with Crippen LogP contribution in [-0.4, -0.2) is 31.4 Å². The van der Waals surface area contributed by atoms with E-state index in [-0.39, 0.29) is 43.3 Å². The molecule has 1 unspecified atom stereocenters. The van der Waals surface area contributed by atoms with E-state index in [0.717, 1.165) is 4.57 Å². The monoisotopic (exact) mass is 470 g/mol. The summed E-state index contributed by atoms with van der Waals surface area (Å²) in [7, 11) is 2.93. The van der Waals surface area contributed by atoms with E-state index >= 15 is 0 Å². The van der Waals surface area contributed by atoms with Gasteiger partial charge >= 0.3 is 5.69 Å². The second-order valence-corrected chi connectivity index (χ2v) is 7.91. The van der Waals surface area contributed by atoms with E-state index < -0.39 is 23.2 Å². The van der Waals surface area contributed by atoms with Crippen LogP contribution in [0.15, 0.2) is 64.4 Å². The zero-order valence-electron chi connectivity index (χ0n) is 18.8. The molecule has 2 heterocycles. The van der Waals surface area contributed by atoms with Gasteiger partial charge in [0, 0.05) is 25.2 Å². The van der Waals surface area contributed by atoms with Crippen molar-refractivity contribution in [2.75, 3.05) is 6.61 Å². The number of aryl methyl sites for hydroxylation is 1. The van der Waals surface area contributed by atoms with Crippen LogP contribution in [0, 0.1) is 11.6 Å². The largest absolute Gasteiger partial charge is 0.374 e. The molecule has 8 nitrogen and oxygen atoms in total. The molecule has 0 fully saturated rings. The molecule has 4 rings (SSSR count). The molecule has 0 N–H and O–H groups in total. The summed E-state index contributed by atoms with van der Waals surface area (Å²) in [6.45, 7) is 0.195. The lowest BCUT2D eigenvalue weighted by atomic mass is 10.2. The molecule has 10 heteroatoms. The molecule has 0 radical (unpaired) electrons. The molecule has 0 spiro atoms. The van der Waals surface area contributed by atoms with Crippen LogP contribution in [0.5, 0.6) is 0 Å². The van der Waals surface area contributed by atoms with E-state index in [0.29, 0.717) is 11.1 Å². The van der Waals surface area contributed by atoms with Crippen LogP contribution in [0.3, 0.4) is 0 Å². The van der Waals surface area contributed by atoms with Crippen molar-refractivity contribution in [1.82, 2.24) is 18.7 Å². The summed E-state index contributed by atoms with van der Waals surface area (Å²) in [5.74, 6) is -0.776. The molecule has 34 heavy (non-hydrogen) atoms. The summed E-state index contributed by atoms with van der Waals surface area (Å²) in [5, 5.41) is 0. The second kappa shape index (κ2) is 10.1. The first-order chi connectivity index (χ1) is 16.4. The molecule has 0 aliphatic heterocycles. The Balaban J connectivity index is 1.57. The first kappa shape index (κ1) is 23.5. The third kappa shape index (κ3) is 4.82. The molecule has 0 amide bonds. The van der Waals surface area contributed by atoms with Gasteiger partial charge in [-0.05, 0) is 12.1 Å². The Hall–Kier alpha value is -3.63. The number of hydrogen-bond donors (Lipinski definition) is 0. The predicted molar refractivity (Wildman–Crippen MR) is 121 cm³/mol. The molecular formula is C24H24F2N4O4. The minimum Gasteiger partial charge on any atom is -0.374 e. The second-order valence-electron chi connectivity index (χ2n) is 7.91. The lowest BCUT2D eigenvalue weighted by molar-refractivity contribution is -0.0379.